The number of rotatable bonds is 4. The molecule has 0 saturated carbocycles. The van der Waals surface area contributed by atoms with Gasteiger partial charge in [0.05, 0.1) is 17.4 Å². The van der Waals surface area contributed by atoms with Crippen LogP contribution in [0.5, 0.6) is 0 Å². The Hall–Kier alpha value is -2.08. The van der Waals surface area contributed by atoms with Gasteiger partial charge in [-0.15, -0.1) is 0 Å². The minimum absolute atomic E-state index is 0.0203. The lowest BCUT2D eigenvalue weighted by Crippen LogP contribution is -2.41. The van der Waals surface area contributed by atoms with Gasteiger partial charge in [0.25, 0.3) is 5.91 Å². The number of amides is 1. The maximum atomic E-state index is 13.0. The van der Waals surface area contributed by atoms with Crippen molar-refractivity contribution in [2.45, 2.75) is 32.5 Å². The Morgan fingerprint density at radius 2 is 1.85 bits per heavy atom. The lowest BCUT2D eigenvalue weighted by molar-refractivity contribution is -0.137. The van der Waals surface area contributed by atoms with E-state index in [1.807, 2.05) is 6.92 Å². The molecule has 0 fully saturated rings. The summed E-state index contributed by atoms with van der Waals surface area (Å²) >= 11 is 0. The molecule has 142 valence electrons. The summed E-state index contributed by atoms with van der Waals surface area (Å²) in [5.41, 5.74) is -1.02. The van der Waals surface area contributed by atoms with E-state index in [9.17, 15) is 22.5 Å². The fourth-order valence-corrected chi connectivity index (χ4v) is 3.52. The van der Waals surface area contributed by atoms with Crippen molar-refractivity contribution in [3.63, 3.8) is 0 Å². The molecule has 0 atom stereocenters. The molecule has 2 aromatic rings. The fourth-order valence-electron chi connectivity index (χ4n) is 2.36. The van der Waals surface area contributed by atoms with Gasteiger partial charge in [0.2, 0.25) is 0 Å². The van der Waals surface area contributed by atoms with Crippen molar-refractivity contribution in [1.82, 2.24) is 9.78 Å². The standard InChI is InChI=1S/C17H21F3N3O2P/c1-11-9-21-23(10-11)16(2,3)15(24)22-13-7-6-12(17(18,19)20)8-14(13)26(4,5)25/h6-10H,1-5H3,(H,22,24). The van der Waals surface area contributed by atoms with Gasteiger partial charge in [-0.05, 0) is 57.9 Å². The monoisotopic (exact) mass is 387 g/mol. The number of benzene rings is 1. The van der Waals surface area contributed by atoms with Gasteiger partial charge in [0.15, 0.2) is 0 Å². The number of carbonyl (C=O) groups excluding carboxylic acids is 1. The Labute approximate surface area is 150 Å². The van der Waals surface area contributed by atoms with Gasteiger partial charge in [-0.25, -0.2) is 0 Å². The molecule has 0 saturated heterocycles. The third-order valence-corrected chi connectivity index (χ3v) is 5.52. The first-order valence-electron chi connectivity index (χ1n) is 7.83. The SMILES string of the molecule is Cc1cnn(C(C)(C)C(=O)Nc2ccc(C(F)(F)F)cc2P(C)(C)=O)c1. The molecule has 0 radical (unpaired) electrons. The van der Waals surface area contributed by atoms with Gasteiger partial charge in [-0.2, -0.15) is 18.3 Å². The summed E-state index contributed by atoms with van der Waals surface area (Å²) in [5, 5.41) is 6.70. The molecule has 0 bridgehead atoms. The lowest BCUT2D eigenvalue weighted by Gasteiger charge is -2.25. The molecular weight excluding hydrogens is 366 g/mol. The molecule has 1 N–H and O–H groups in total. The van der Waals surface area contributed by atoms with Crippen LogP contribution in [0.1, 0.15) is 25.0 Å². The van der Waals surface area contributed by atoms with Crippen molar-refractivity contribution < 1.29 is 22.5 Å². The average Bonchev–Trinajstić information content (AvgIpc) is 2.92. The highest BCUT2D eigenvalue weighted by molar-refractivity contribution is 7.70. The van der Waals surface area contributed by atoms with Gasteiger partial charge in [0.1, 0.15) is 12.7 Å². The predicted molar refractivity (Wildman–Crippen MR) is 95.4 cm³/mol. The molecule has 5 nitrogen and oxygen atoms in total. The van der Waals surface area contributed by atoms with Crippen LogP contribution in [0, 0.1) is 6.92 Å². The molecule has 1 amide bonds. The van der Waals surface area contributed by atoms with E-state index in [0.29, 0.717) is 0 Å². The van der Waals surface area contributed by atoms with Crippen LogP contribution in [0.3, 0.4) is 0 Å². The number of nitrogens with zero attached hydrogens (tertiary/aromatic N) is 2. The second-order valence-electron chi connectivity index (χ2n) is 7.06. The maximum Gasteiger partial charge on any atom is 0.416 e. The van der Waals surface area contributed by atoms with Crippen LogP contribution in [0.25, 0.3) is 0 Å². The number of hydrogen-bond donors (Lipinski definition) is 1. The van der Waals surface area contributed by atoms with Crippen molar-refractivity contribution in [2.24, 2.45) is 0 Å². The van der Waals surface area contributed by atoms with Crippen molar-refractivity contribution >= 4 is 24.0 Å². The van der Waals surface area contributed by atoms with E-state index in [1.165, 1.54) is 18.0 Å². The average molecular weight is 387 g/mol. The van der Waals surface area contributed by atoms with Gasteiger partial charge in [-0.1, -0.05) is 0 Å². The maximum absolute atomic E-state index is 13.0. The first-order chi connectivity index (χ1) is 11.7. The van der Waals surface area contributed by atoms with Crippen LogP contribution >= 0.6 is 7.14 Å². The van der Waals surface area contributed by atoms with Crippen LogP contribution in [-0.4, -0.2) is 29.0 Å². The largest absolute Gasteiger partial charge is 0.416 e. The molecule has 1 heterocycles. The quantitative estimate of drug-likeness (QED) is 0.811. The smallest absolute Gasteiger partial charge is 0.323 e. The number of aromatic nitrogens is 2. The van der Waals surface area contributed by atoms with Crippen LogP contribution < -0.4 is 10.6 Å². The molecule has 0 aliphatic rings. The summed E-state index contributed by atoms with van der Waals surface area (Å²) in [5.74, 6) is -0.477. The van der Waals surface area contributed by atoms with Gasteiger partial charge >= 0.3 is 6.18 Å². The first-order valence-corrected chi connectivity index (χ1v) is 10.4. The molecule has 26 heavy (non-hydrogen) atoms. The summed E-state index contributed by atoms with van der Waals surface area (Å²) in [6.45, 7) is 7.82. The number of nitrogens with one attached hydrogen (secondary N) is 1. The number of alkyl halides is 3. The van der Waals surface area contributed by atoms with Crippen molar-refractivity contribution in [3.8, 4) is 0 Å². The number of halogens is 3. The van der Waals surface area contributed by atoms with Crippen LogP contribution in [-0.2, 0) is 21.1 Å². The second-order valence-corrected chi connectivity index (χ2v) is 10.2. The van der Waals surface area contributed by atoms with E-state index >= 15 is 0 Å². The lowest BCUT2D eigenvalue weighted by atomic mass is 10.0. The molecule has 0 aliphatic heterocycles. The molecule has 0 unspecified atom stereocenters. The molecular formula is C17H21F3N3O2P. The minimum atomic E-state index is -4.56. The van der Waals surface area contributed by atoms with Crippen LogP contribution in [0.15, 0.2) is 30.6 Å². The zero-order chi connectivity index (χ0) is 19.9. The van der Waals surface area contributed by atoms with Gasteiger partial charge in [0, 0.05) is 11.5 Å². The van der Waals surface area contributed by atoms with Crippen molar-refractivity contribution in [2.75, 3.05) is 18.6 Å². The highest BCUT2D eigenvalue weighted by Crippen LogP contribution is 2.40. The Morgan fingerprint density at radius 1 is 1.23 bits per heavy atom. The Balaban J connectivity index is 2.42. The summed E-state index contributed by atoms with van der Waals surface area (Å²) in [6, 6.07) is 2.83. The van der Waals surface area contributed by atoms with Crippen LogP contribution in [0.4, 0.5) is 18.9 Å². The molecule has 0 spiro atoms. The highest BCUT2D eigenvalue weighted by atomic mass is 31.2. The Kier molecular flexibility index (Phi) is 5.12. The summed E-state index contributed by atoms with van der Waals surface area (Å²) in [7, 11) is -3.07. The summed E-state index contributed by atoms with van der Waals surface area (Å²) in [4.78, 5) is 12.7. The number of hydrogen-bond acceptors (Lipinski definition) is 3. The molecule has 0 aliphatic carbocycles. The van der Waals surface area contributed by atoms with Crippen molar-refractivity contribution in [3.05, 3.63) is 41.7 Å². The fraction of sp³-hybridized carbons (Fsp3) is 0.412. The van der Waals surface area contributed by atoms with Gasteiger partial charge < -0.3 is 9.88 Å². The minimum Gasteiger partial charge on any atom is -0.323 e. The molecule has 1 aromatic carbocycles. The summed E-state index contributed by atoms with van der Waals surface area (Å²) in [6.07, 6.45) is -1.26. The third-order valence-electron chi connectivity index (χ3n) is 3.99. The normalized spacial score (nSPS) is 12.9. The third kappa shape index (κ3) is 4.18. The molecule has 9 heteroatoms. The number of carbonyl (C=O) groups is 1. The topological polar surface area (TPSA) is 64.0 Å². The molecule has 1 aromatic heterocycles. The second kappa shape index (κ2) is 6.58. The number of anilines is 1. The van der Waals surface area contributed by atoms with Crippen LogP contribution in [0.2, 0.25) is 0 Å². The van der Waals surface area contributed by atoms with E-state index in [0.717, 1.165) is 23.8 Å². The van der Waals surface area contributed by atoms with E-state index in [2.05, 4.69) is 10.4 Å². The number of aryl methyl sites for hydroxylation is 1. The van der Waals surface area contributed by atoms with Crippen molar-refractivity contribution in [1.29, 1.82) is 0 Å². The zero-order valence-electron chi connectivity index (χ0n) is 15.2. The van der Waals surface area contributed by atoms with E-state index in [4.69, 9.17) is 0 Å². The Morgan fingerprint density at radius 3 is 2.31 bits per heavy atom. The zero-order valence-corrected chi connectivity index (χ0v) is 16.1. The first kappa shape index (κ1) is 20.2. The van der Waals surface area contributed by atoms with E-state index in [-0.39, 0.29) is 11.0 Å². The van der Waals surface area contributed by atoms with Gasteiger partial charge in [-0.3, -0.25) is 9.48 Å². The highest BCUT2D eigenvalue weighted by Gasteiger charge is 2.34. The summed E-state index contributed by atoms with van der Waals surface area (Å²) < 4.78 is 52.9. The predicted octanol–water partition coefficient (Wildman–Crippen LogP) is 3.83. The van der Waals surface area contributed by atoms with E-state index in [1.54, 1.807) is 26.2 Å². The molecule has 2 rings (SSSR count). The Bertz CT molecular complexity index is 882. The van der Waals surface area contributed by atoms with E-state index < -0.39 is 30.3 Å².